The molecule has 4 heteroatoms. The number of aliphatic hydroxyl groups is 1. The molecule has 0 spiro atoms. The molecule has 1 aromatic rings. The van der Waals surface area contributed by atoms with Crippen LogP contribution in [0, 0.1) is 23.5 Å². The Morgan fingerprint density at radius 1 is 1.39 bits per heavy atom. The zero-order valence-corrected chi connectivity index (χ0v) is 11.1. The van der Waals surface area contributed by atoms with Gasteiger partial charge in [0.05, 0.1) is 6.10 Å². The van der Waals surface area contributed by atoms with Crippen molar-refractivity contribution >= 4 is 11.6 Å². The summed E-state index contributed by atoms with van der Waals surface area (Å²) in [4.78, 5) is 0. The lowest BCUT2D eigenvalue weighted by molar-refractivity contribution is 0.104. The molecule has 0 radical (unpaired) electrons. The third-order valence-electron chi connectivity index (χ3n) is 3.98. The van der Waals surface area contributed by atoms with Gasteiger partial charge in [0.1, 0.15) is 0 Å². The topological polar surface area (TPSA) is 20.2 Å². The van der Waals surface area contributed by atoms with Gasteiger partial charge < -0.3 is 5.11 Å². The van der Waals surface area contributed by atoms with E-state index in [-0.39, 0.29) is 16.5 Å². The van der Waals surface area contributed by atoms with E-state index in [0.29, 0.717) is 5.92 Å². The SMILES string of the molecule is CCC1CCC(C(O)c2c(Cl)ccc(F)c2F)C1. The van der Waals surface area contributed by atoms with Crippen molar-refractivity contribution in [1.82, 2.24) is 0 Å². The van der Waals surface area contributed by atoms with Crippen LogP contribution in [0.25, 0.3) is 0 Å². The standard InChI is InChI=1S/C14H17ClF2O/c1-2-8-3-4-9(7-8)14(18)12-10(15)5-6-11(16)13(12)17/h5-6,8-9,14,18H,2-4,7H2,1H3. The van der Waals surface area contributed by atoms with Crippen molar-refractivity contribution in [2.75, 3.05) is 0 Å². The molecule has 2 rings (SSSR count). The molecule has 1 N–H and O–H groups in total. The summed E-state index contributed by atoms with van der Waals surface area (Å²) in [5.41, 5.74) is -0.0848. The normalized spacial score (nSPS) is 25.4. The fourth-order valence-corrected chi connectivity index (χ4v) is 3.08. The number of halogens is 3. The van der Waals surface area contributed by atoms with Gasteiger partial charge in [0.2, 0.25) is 0 Å². The molecule has 0 amide bonds. The van der Waals surface area contributed by atoms with Gasteiger partial charge in [-0.25, -0.2) is 8.78 Å². The fourth-order valence-electron chi connectivity index (χ4n) is 2.82. The molecule has 1 saturated carbocycles. The van der Waals surface area contributed by atoms with Crippen LogP contribution in [0.15, 0.2) is 12.1 Å². The van der Waals surface area contributed by atoms with E-state index >= 15 is 0 Å². The maximum atomic E-state index is 13.7. The van der Waals surface area contributed by atoms with E-state index in [1.54, 1.807) is 0 Å². The molecule has 18 heavy (non-hydrogen) atoms. The van der Waals surface area contributed by atoms with Gasteiger partial charge in [-0.3, -0.25) is 0 Å². The highest BCUT2D eigenvalue weighted by Gasteiger charge is 2.33. The van der Waals surface area contributed by atoms with Gasteiger partial charge >= 0.3 is 0 Å². The summed E-state index contributed by atoms with van der Waals surface area (Å²) in [5, 5.41) is 10.3. The van der Waals surface area contributed by atoms with Crippen LogP contribution < -0.4 is 0 Å². The lowest BCUT2D eigenvalue weighted by Gasteiger charge is -2.20. The van der Waals surface area contributed by atoms with Gasteiger partial charge in [0.25, 0.3) is 0 Å². The lowest BCUT2D eigenvalue weighted by atomic mass is 9.92. The first kappa shape index (κ1) is 13.8. The summed E-state index contributed by atoms with van der Waals surface area (Å²) in [5.74, 6) is -1.43. The van der Waals surface area contributed by atoms with Gasteiger partial charge in [-0.1, -0.05) is 31.4 Å². The quantitative estimate of drug-likeness (QED) is 0.806. The van der Waals surface area contributed by atoms with Crippen LogP contribution in [0.5, 0.6) is 0 Å². The van der Waals surface area contributed by atoms with E-state index in [2.05, 4.69) is 6.92 Å². The predicted molar refractivity (Wildman–Crippen MR) is 67.4 cm³/mol. The zero-order chi connectivity index (χ0) is 13.3. The molecule has 0 saturated heterocycles. The molecule has 0 aromatic heterocycles. The molecular weight excluding hydrogens is 258 g/mol. The van der Waals surface area contributed by atoms with Gasteiger partial charge in [0, 0.05) is 10.6 Å². The Kier molecular flexibility index (Phi) is 4.23. The van der Waals surface area contributed by atoms with Crippen LogP contribution in [0.1, 0.15) is 44.3 Å². The molecular formula is C14H17ClF2O. The smallest absolute Gasteiger partial charge is 0.166 e. The second kappa shape index (κ2) is 5.54. The Labute approximate surface area is 111 Å². The summed E-state index contributed by atoms with van der Waals surface area (Å²) in [7, 11) is 0. The minimum absolute atomic E-state index is 0.0243. The van der Waals surface area contributed by atoms with Crippen LogP contribution in [0.2, 0.25) is 5.02 Å². The van der Waals surface area contributed by atoms with E-state index in [1.807, 2.05) is 0 Å². The van der Waals surface area contributed by atoms with Gasteiger partial charge in [-0.05, 0) is 36.8 Å². The number of rotatable bonds is 3. The predicted octanol–water partition coefficient (Wildman–Crippen LogP) is 4.48. The molecule has 1 fully saturated rings. The van der Waals surface area contributed by atoms with Crippen LogP contribution in [-0.4, -0.2) is 5.11 Å². The largest absolute Gasteiger partial charge is 0.388 e. The summed E-state index contributed by atoms with van der Waals surface area (Å²) < 4.78 is 26.9. The van der Waals surface area contributed by atoms with E-state index in [4.69, 9.17) is 11.6 Å². The Hall–Kier alpha value is -0.670. The first-order valence-corrected chi connectivity index (χ1v) is 6.73. The molecule has 100 valence electrons. The summed E-state index contributed by atoms with van der Waals surface area (Å²) >= 11 is 5.88. The molecule has 1 aliphatic carbocycles. The maximum absolute atomic E-state index is 13.7. The van der Waals surface area contributed by atoms with E-state index in [1.165, 1.54) is 6.07 Å². The molecule has 1 aromatic carbocycles. The van der Waals surface area contributed by atoms with Crippen molar-refractivity contribution in [3.05, 3.63) is 34.4 Å². The average Bonchev–Trinajstić information content (AvgIpc) is 2.83. The molecule has 3 unspecified atom stereocenters. The van der Waals surface area contributed by atoms with Crippen molar-refractivity contribution in [2.24, 2.45) is 11.8 Å². The minimum atomic E-state index is -1.02. The van der Waals surface area contributed by atoms with E-state index in [9.17, 15) is 13.9 Å². The molecule has 0 aliphatic heterocycles. The van der Waals surface area contributed by atoms with Crippen LogP contribution in [0.4, 0.5) is 8.78 Å². The van der Waals surface area contributed by atoms with E-state index < -0.39 is 17.7 Å². The van der Waals surface area contributed by atoms with Crippen LogP contribution in [0.3, 0.4) is 0 Å². The van der Waals surface area contributed by atoms with Gasteiger partial charge in [-0.2, -0.15) is 0 Å². The number of hydrogen-bond donors (Lipinski definition) is 1. The first-order valence-electron chi connectivity index (χ1n) is 6.36. The molecule has 3 atom stereocenters. The number of hydrogen-bond acceptors (Lipinski definition) is 1. The average molecular weight is 275 g/mol. The van der Waals surface area contributed by atoms with Crippen molar-refractivity contribution in [3.63, 3.8) is 0 Å². The monoisotopic (exact) mass is 274 g/mol. The molecule has 1 nitrogen and oxygen atoms in total. The third-order valence-corrected chi connectivity index (χ3v) is 4.31. The Balaban J connectivity index is 2.24. The Morgan fingerprint density at radius 2 is 2.11 bits per heavy atom. The third kappa shape index (κ3) is 2.52. The fraction of sp³-hybridized carbons (Fsp3) is 0.571. The first-order chi connectivity index (χ1) is 8.54. The van der Waals surface area contributed by atoms with Crippen LogP contribution >= 0.6 is 11.6 Å². The highest BCUT2D eigenvalue weighted by atomic mass is 35.5. The number of benzene rings is 1. The Morgan fingerprint density at radius 3 is 2.72 bits per heavy atom. The summed E-state index contributed by atoms with van der Waals surface area (Å²) in [6.07, 6.45) is 2.77. The summed E-state index contributed by atoms with van der Waals surface area (Å²) in [6, 6.07) is 2.28. The minimum Gasteiger partial charge on any atom is -0.388 e. The second-order valence-corrected chi connectivity index (χ2v) is 5.46. The molecule has 1 aliphatic rings. The summed E-state index contributed by atoms with van der Waals surface area (Å²) in [6.45, 7) is 2.11. The lowest BCUT2D eigenvalue weighted by Crippen LogP contribution is -2.13. The van der Waals surface area contributed by atoms with E-state index in [0.717, 1.165) is 31.7 Å². The van der Waals surface area contributed by atoms with Crippen molar-refractivity contribution < 1.29 is 13.9 Å². The van der Waals surface area contributed by atoms with Crippen molar-refractivity contribution in [2.45, 2.75) is 38.7 Å². The maximum Gasteiger partial charge on any atom is 0.166 e. The number of aliphatic hydroxyl groups excluding tert-OH is 1. The molecule has 0 bridgehead atoms. The molecule has 0 heterocycles. The highest BCUT2D eigenvalue weighted by molar-refractivity contribution is 6.31. The second-order valence-electron chi connectivity index (χ2n) is 5.05. The van der Waals surface area contributed by atoms with Crippen molar-refractivity contribution in [3.8, 4) is 0 Å². The van der Waals surface area contributed by atoms with Gasteiger partial charge in [-0.15, -0.1) is 0 Å². The van der Waals surface area contributed by atoms with Crippen LogP contribution in [-0.2, 0) is 0 Å². The van der Waals surface area contributed by atoms with Gasteiger partial charge in [0.15, 0.2) is 11.6 Å². The highest BCUT2D eigenvalue weighted by Crippen LogP contribution is 2.42. The van der Waals surface area contributed by atoms with Crippen molar-refractivity contribution in [1.29, 1.82) is 0 Å². The Bertz CT molecular complexity index is 436. The zero-order valence-electron chi connectivity index (χ0n) is 10.3.